The van der Waals surface area contributed by atoms with Crippen molar-refractivity contribution >= 4 is 23.3 Å². The minimum Gasteiger partial charge on any atom is -0.347 e. The van der Waals surface area contributed by atoms with Crippen molar-refractivity contribution < 1.29 is 9.59 Å². The van der Waals surface area contributed by atoms with Gasteiger partial charge in [0.05, 0.1) is 18.3 Å². The standard InChI is InChI=1S/C23H26ClN5O2/c1-14(2)11-19(25)23(31)26-13-21-28-27-15(3)29(21)20-10-9-17(24)12-18(20)22(30)16-7-5-4-6-8-16/h4-10,12,14,19H,11,13,25H2,1-3H3,(H,26,31). The smallest absolute Gasteiger partial charge is 0.237 e. The molecule has 31 heavy (non-hydrogen) atoms. The molecule has 1 unspecified atom stereocenters. The second-order valence-corrected chi connectivity index (χ2v) is 8.25. The fraction of sp³-hybridized carbons (Fsp3) is 0.304. The van der Waals surface area contributed by atoms with Crippen LogP contribution in [0.25, 0.3) is 5.69 Å². The molecule has 0 radical (unpaired) electrons. The van der Waals surface area contributed by atoms with Crippen LogP contribution in [0.5, 0.6) is 0 Å². The largest absolute Gasteiger partial charge is 0.347 e. The van der Waals surface area contributed by atoms with Gasteiger partial charge in [0, 0.05) is 16.1 Å². The first-order valence-corrected chi connectivity index (χ1v) is 10.5. The van der Waals surface area contributed by atoms with Crippen molar-refractivity contribution in [1.29, 1.82) is 0 Å². The molecule has 0 aliphatic rings. The number of carbonyl (C=O) groups is 2. The zero-order chi connectivity index (χ0) is 22.5. The maximum Gasteiger partial charge on any atom is 0.237 e. The molecule has 1 heterocycles. The maximum atomic E-state index is 13.2. The summed E-state index contributed by atoms with van der Waals surface area (Å²) in [6.07, 6.45) is 0.588. The second kappa shape index (κ2) is 9.85. The predicted molar refractivity (Wildman–Crippen MR) is 120 cm³/mol. The number of carbonyl (C=O) groups excluding carboxylic acids is 2. The van der Waals surface area contributed by atoms with Crippen LogP contribution >= 0.6 is 11.6 Å². The Morgan fingerprint density at radius 1 is 1.13 bits per heavy atom. The summed E-state index contributed by atoms with van der Waals surface area (Å²) in [7, 11) is 0. The van der Waals surface area contributed by atoms with Crippen molar-refractivity contribution in [3.8, 4) is 5.69 Å². The van der Waals surface area contributed by atoms with E-state index in [0.717, 1.165) is 0 Å². The molecule has 3 rings (SSSR count). The molecule has 0 saturated carbocycles. The van der Waals surface area contributed by atoms with Gasteiger partial charge in [0.2, 0.25) is 5.91 Å². The number of hydrogen-bond acceptors (Lipinski definition) is 5. The summed E-state index contributed by atoms with van der Waals surface area (Å²) in [4.78, 5) is 25.5. The average Bonchev–Trinajstić information content (AvgIpc) is 3.11. The number of aromatic nitrogens is 3. The van der Waals surface area contributed by atoms with Gasteiger partial charge < -0.3 is 11.1 Å². The van der Waals surface area contributed by atoms with Gasteiger partial charge in [-0.3, -0.25) is 14.2 Å². The van der Waals surface area contributed by atoms with E-state index in [2.05, 4.69) is 15.5 Å². The summed E-state index contributed by atoms with van der Waals surface area (Å²) in [5, 5.41) is 11.6. The number of benzene rings is 2. The van der Waals surface area contributed by atoms with Crippen molar-refractivity contribution in [2.75, 3.05) is 0 Å². The lowest BCUT2D eigenvalue weighted by Gasteiger charge is -2.16. The number of amides is 1. The van der Waals surface area contributed by atoms with Crippen LogP contribution in [-0.4, -0.2) is 32.5 Å². The number of nitrogens with two attached hydrogens (primary N) is 1. The molecule has 0 bridgehead atoms. The highest BCUT2D eigenvalue weighted by Gasteiger charge is 2.21. The summed E-state index contributed by atoms with van der Waals surface area (Å²) < 4.78 is 1.75. The number of nitrogens with one attached hydrogen (secondary N) is 1. The quantitative estimate of drug-likeness (QED) is 0.523. The molecule has 3 aromatic rings. The second-order valence-electron chi connectivity index (χ2n) is 7.81. The molecule has 1 atom stereocenters. The predicted octanol–water partition coefficient (Wildman–Crippen LogP) is 3.45. The minimum atomic E-state index is -0.594. The molecular weight excluding hydrogens is 414 g/mol. The topological polar surface area (TPSA) is 103 Å². The van der Waals surface area contributed by atoms with Crippen LogP contribution in [0.4, 0.5) is 0 Å². The lowest BCUT2D eigenvalue weighted by atomic mass is 10.0. The van der Waals surface area contributed by atoms with Crippen LogP contribution in [0.1, 0.15) is 47.8 Å². The van der Waals surface area contributed by atoms with E-state index in [1.807, 2.05) is 32.0 Å². The number of hydrogen-bond donors (Lipinski definition) is 2. The number of nitrogens with zero attached hydrogens (tertiary/aromatic N) is 3. The van der Waals surface area contributed by atoms with E-state index in [1.54, 1.807) is 41.8 Å². The van der Waals surface area contributed by atoms with Gasteiger partial charge >= 0.3 is 0 Å². The van der Waals surface area contributed by atoms with Crippen molar-refractivity contribution in [3.63, 3.8) is 0 Å². The summed E-state index contributed by atoms with van der Waals surface area (Å²) in [6.45, 7) is 5.94. The van der Waals surface area contributed by atoms with Gasteiger partial charge in [-0.1, -0.05) is 55.8 Å². The molecule has 0 spiro atoms. The van der Waals surface area contributed by atoms with Crippen molar-refractivity contribution in [2.24, 2.45) is 11.7 Å². The van der Waals surface area contributed by atoms with Gasteiger partial charge in [-0.2, -0.15) is 0 Å². The van der Waals surface area contributed by atoms with Crippen LogP contribution in [0, 0.1) is 12.8 Å². The van der Waals surface area contributed by atoms with E-state index in [0.29, 0.717) is 45.8 Å². The number of ketones is 1. The first-order valence-electron chi connectivity index (χ1n) is 10.1. The fourth-order valence-electron chi connectivity index (χ4n) is 3.38. The van der Waals surface area contributed by atoms with Crippen LogP contribution in [0.15, 0.2) is 48.5 Å². The fourth-order valence-corrected chi connectivity index (χ4v) is 3.55. The first-order chi connectivity index (χ1) is 14.8. The molecule has 8 heteroatoms. The third-order valence-corrected chi connectivity index (χ3v) is 5.09. The maximum absolute atomic E-state index is 13.2. The Bertz CT molecular complexity index is 1080. The Labute approximate surface area is 186 Å². The van der Waals surface area contributed by atoms with Gasteiger partial charge in [0.1, 0.15) is 5.82 Å². The minimum absolute atomic E-state index is 0.132. The highest BCUT2D eigenvalue weighted by Crippen LogP contribution is 2.25. The molecule has 0 fully saturated rings. The summed E-state index contributed by atoms with van der Waals surface area (Å²) in [5.41, 5.74) is 7.53. The lowest BCUT2D eigenvalue weighted by Crippen LogP contribution is -2.41. The Hall–Kier alpha value is -3.03. The van der Waals surface area contributed by atoms with Crippen molar-refractivity contribution in [2.45, 2.75) is 39.8 Å². The van der Waals surface area contributed by atoms with E-state index in [9.17, 15) is 9.59 Å². The first kappa shape index (κ1) is 22.7. The summed E-state index contributed by atoms with van der Waals surface area (Å²) in [5.74, 6) is 0.970. The van der Waals surface area contributed by atoms with E-state index < -0.39 is 6.04 Å². The van der Waals surface area contributed by atoms with E-state index >= 15 is 0 Å². The van der Waals surface area contributed by atoms with Crippen molar-refractivity contribution in [3.05, 3.63) is 76.3 Å². The molecule has 1 aromatic heterocycles. The van der Waals surface area contributed by atoms with Crippen LogP contribution in [0.2, 0.25) is 5.02 Å². The van der Waals surface area contributed by atoms with Gasteiger partial charge in [-0.05, 0) is 37.5 Å². The Balaban J connectivity index is 1.93. The number of aryl methyl sites for hydroxylation is 1. The Morgan fingerprint density at radius 2 is 1.84 bits per heavy atom. The molecular formula is C23H26ClN5O2. The third kappa shape index (κ3) is 5.37. The average molecular weight is 440 g/mol. The third-order valence-electron chi connectivity index (χ3n) is 4.85. The van der Waals surface area contributed by atoms with Gasteiger partial charge in [-0.15, -0.1) is 10.2 Å². The Kier molecular flexibility index (Phi) is 7.20. The molecule has 0 aliphatic carbocycles. The van der Waals surface area contributed by atoms with E-state index in [-0.39, 0.29) is 18.2 Å². The summed E-state index contributed by atoms with van der Waals surface area (Å²) >= 11 is 6.20. The lowest BCUT2D eigenvalue weighted by molar-refractivity contribution is -0.122. The molecule has 0 saturated heterocycles. The van der Waals surface area contributed by atoms with Gasteiger partial charge in [0.15, 0.2) is 11.6 Å². The molecule has 7 nitrogen and oxygen atoms in total. The zero-order valence-corrected chi connectivity index (χ0v) is 18.6. The highest BCUT2D eigenvalue weighted by atomic mass is 35.5. The molecule has 0 aliphatic heterocycles. The Morgan fingerprint density at radius 3 is 2.52 bits per heavy atom. The normalized spacial score (nSPS) is 12.1. The van der Waals surface area contributed by atoms with Crippen LogP contribution in [-0.2, 0) is 11.3 Å². The molecule has 162 valence electrons. The molecule has 3 N–H and O–H groups in total. The molecule has 1 amide bonds. The van der Waals surface area contributed by atoms with Crippen LogP contribution < -0.4 is 11.1 Å². The van der Waals surface area contributed by atoms with Gasteiger partial charge in [-0.25, -0.2) is 0 Å². The number of halogens is 1. The highest BCUT2D eigenvalue weighted by molar-refractivity contribution is 6.31. The van der Waals surface area contributed by atoms with E-state index in [1.165, 1.54) is 0 Å². The van der Waals surface area contributed by atoms with Crippen LogP contribution in [0.3, 0.4) is 0 Å². The van der Waals surface area contributed by atoms with Crippen molar-refractivity contribution in [1.82, 2.24) is 20.1 Å². The monoisotopic (exact) mass is 439 g/mol. The molecule has 2 aromatic carbocycles. The number of rotatable bonds is 8. The van der Waals surface area contributed by atoms with E-state index in [4.69, 9.17) is 17.3 Å². The summed E-state index contributed by atoms with van der Waals surface area (Å²) in [6, 6.07) is 13.5. The zero-order valence-electron chi connectivity index (χ0n) is 17.8. The SMILES string of the molecule is Cc1nnc(CNC(=O)C(N)CC(C)C)n1-c1ccc(Cl)cc1C(=O)c1ccccc1. The van der Waals surface area contributed by atoms with Gasteiger partial charge in [0.25, 0.3) is 0 Å².